The van der Waals surface area contributed by atoms with Crippen molar-refractivity contribution in [1.82, 2.24) is 4.98 Å². The molecule has 0 atom stereocenters. The van der Waals surface area contributed by atoms with Crippen LogP contribution in [-0.2, 0) is 0 Å². The van der Waals surface area contributed by atoms with E-state index in [1.807, 2.05) is 12.3 Å². The van der Waals surface area contributed by atoms with Crippen LogP contribution < -0.4 is 0 Å². The van der Waals surface area contributed by atoms with E-state index in [0.717, 1.165) is 10.8 Å². The standard InChI is InChI=1S/C8H10ClNS/c1-7-2-4-10-8(6-7)11-5-3-9/h2,4,6H,3,5H2,1H3. The van der Waals surface area contributed by atoms with Gasteiger partial charge in [0.15, 0.2) is 0 Å². The number of alkyl halides is 1. The first-order valence-electron chi connectivity index (χ1n) is 3.44. The molecule has 1 heterocycles. The van der Waals surface area contributed by atoms with Crippen molar-refractivity contribution in [3.8, 4) is 0 Å². The second kappa shape index (κ2) is 4.62. The molecule has 0 unspecified atom stereocenters. The van der Waals surface area contributed by atoms with Crippen molar-refractivity contribution in [2.75, 3.05) is 11.6 Å². The third-order valence-electron chi connectivity index (χ3n) is 1.22. The van der Waals surface area contributed by atoms with E-state index >= 15 is 0 Å². The van der Waals surface area contributed by atoms with Gasteiger partial charge in [0.05, 0.1) is 5.03 Å². The fourth-order valence-corrected chi connectivity index (χ4v) is 1.65. The van der Waals surface area contributed by atoms with Gasteiger partial charge in [0.1, 0.15) is 0 Å². The molecule has 0 N–H and O–H groups in total. The highest BCUT2D eigenvalue weighted by Gasteiger charge is 1.93. The summed E-state index contributed by atoms with van der Waals surface area (Å²) in [6, 6.07) is 4.06. The minimum absolute atomic E-state index is 0.681. The molecule has 1 aromatic heterocycles. The summed E-state index contributed by atoms with van der Waals surface area (Å²) in [5.41, 5.74) is 1.25. The summed E-state index contributed by atoms with van der Waals surface area (Å²) in [5, 5.41) is 1.06. The Morgan fingerprint density at radius 2 is 2.45 bits per heavy atom. The van der Waals surface area contributed by atoms with Gasteiger partial charge in [0.2, 0.25) is 0 Å². The molecule has 1 rings (SSSR count). The zero-order valence-corrected chi connectivity index (χ0v) is 7.95. The molecule has 0 aliphatic rings. The Labute approximate surface area is 76.2 Å². The van der Waals surface area contributed by atoms with E-state index < -0.39 is 0 Å². The summed E-state index contributed by atoms with van der Waals surface area (Å²) in [6.45, 7) is 2.06. The van der Waals surface area contributed by atoms with Crippen molar-refractivity contribution in [2.45, 2.75) is 11.9 Å². The minimum atomic E-state index is 0.681. The summed E-state index contributed by atoms with van der Waals surface area (Å²) in [5.74, 6) is 1.61. The van der Waals surface area contributed by atoms with Crippen LogP contribution in [0.15, 0.2) is 23.4 Å². The number of rotatable bonds is 3. The first-order chi connectivity index (χ1) is 5.33. The average molecular weight is 188 g/mol. The monoisotopic (exact) mass is 187 g/mol. The van der Waals surface area contributed by atoms with Gasteiger partial charge in [-0.1, -0.05) is 0 Å². The first kappa shape index (κ1) is 8.88. The lowest BCUT2D eigenvalue weighted by molar-refractivity contribution is 1.11. The lowest BCUT2D eigenvalue weighted by Gasteiger charge is -1.97. The molecular weight excluding hydrogens is 178 g/mol. The molecule has 0 bridgehead atoms. The van der Waals surface area contributed by atoms with Crippen molar-refractivity contribution >= 4 is 23.4 Å². The van der Waals surface area contributed by atoms with Gasteiger partial charge in [-0.25, -0.2) is 4.98 Å². The number of hydrogen-bond donors (Lipinski definition) is 0. The highest BCUT2D eigenvalue weighted by atomic mass is 35.5. The maximum Gasteiger partial charge on any atom is 0.0962 e. The fourth-order valence-electron chi connectivity index (χ4n) is 0.731. The van der Waals surface area contributed by atoms with E-state index in [1.165, 1.54) is 5.56 Å². The summed E-state index contributed by atoms with van der Waals surface area (Å²) >= 11 is 7.23. The van der Waals surface area contributed by atoms with Crippen LogP contribution in [0.4, 0.5) is 0 Å². The molecule has 0 amide bonds. The topological polar surface area (TPSA) is 12.9 Å². The molecule has 0 fully saturated rings. The van der Waals surface area contributed by atoms with Gasteiger partial charge >= 0.3 is 0 Å². The van der Waals surface area contributed by atoms with E-state index in [2.05, 4.69) is 18.0 Å². The van der Waals surface area contributed by atoms with Crippen LogP contribution in [0.3, 0.4) is 0 Å². The second-order valence-corrected chi connectivity index (χ2v) is 3.70. The Kier molecular flexibility index (Phi) is 3.73. The predicted octanol–water partition coefficient (Wildman–Crippen LogP) is 2.72. The zero-order chi connectivity index (χ0) is 8.10. The van der Waals surface area contributed by atoms with Gasteiger partial charge in [0, 0.05) is 17.8 Å². The number of aromatic nitrogens is 1. The predicted molar refractivity (Wildman–Crippen MR) is 50.4 cm³/mol. The highest BCUT2D eigenvalue weighted by Crippen LogP contribution is 2.15. The van der Waals surface area contributed by atoms with E-state index in [4.69, 9.17) is 11.6 Å². The Hall–Kier alpha value is -0.210. The number of nitrogens with zero attached hydrogens (tertiary/aromatic N) is 1. The quantitative estimate of drug-likeness (QED) is 0.533. The molecule has 0 aliphatic carbocycles. The molecule has 0 spiro atoms. The van der Waals surface area contributed by atoms with E-state index in [0.29, 0.717) is 5.88 Å². The van der Waals surface area contributed by atoms with Crippen molar-refractivity contribution in [1.29, 1.82) is 0 Å². The summed E-state index contributed by atoms with van der Waals surface area (Å²) < 4.78 is 0. The van der Waals surface area contributed by atoms with Crippen LogP contribution in [0.1, 0.15) is 5.56 Å². The second-order valence-electron chi connectivity index (χ2n) is 2.21. The molecule has 0 radical (unpaired) electrons. The third kappa shape index (κ3) is 3.12. The van der Waals surface area contributed by atoms with Gasteiger partial charge in [-0.05, 0) is 24.6 Å². The molecule has 0 saturated heterocycles. The largest absolute Gasteiger partial charge is 0.250 e. The Balaban J connectivity index is 2.56. The molecule has 1 nitrogen and oxygen atoms in total. The Morgan fingerprint density at radius 3 is 3.09 bits per heavy atom. The van der Waals surface area contributed by atoms with Gasteiger partial charge in [-0.2, -0.15) is 0 Å². The van der Waals surface area contributed by atoms with Crippen LogP contribution in [0.5, 0.6) is 0 Å². The van der Waals surface area contributed by atoms with Crippen LogP contribution in [0, 0.1) is 6.92 Å². The molecule has 60 valence electrons. The van der Waals surface area contributed by atoms with E-state index in [1.54, 1.807) is 11.8 Å². The number of thioether (sulfide) groups is 1. The minimum Gasteiger partial charge on any atom is -0.250 e. The molecule has 11 heavy (non-hydrogen) atoms. The molecule has 3 heteroatoms. The SMILES string of the molecule is Cc1ccnc(SCCCl)c1. The third-order valence-corrected chi connectivity index (χ3v) is 2.56. The molecule has 0 aromatic carbocycles. The van der Waals surface area contributed by atoms with Crippen molar-refractivity contribution in [2.24, 2.45) is 0 Å². The van der Waals surface area contributed by atoms with Gasteiger partial charge < -0.3 is 0 Å². The van der Waals surface area contributed by atoms with Crippen LogP contribution in [-0.4, -0.2) is 16.6 Å². The summed E-state index contributed by atoms with van der Waals surface area (Å²) in [4.78, 5) is 4.18. The van der Waals surface area contributed by atoms with Crippen molar-refractivity contribution in [3.05, 3.63) is 23.9 Å². The van der Waals surface area contributed by atoms with Gasteiger partial charge in [-0.3, -0.25) is 0 Å². The number of halogens is 1. The number of pyridine rings is 1. The molecule has 1 aromatic rings. The number of hydrogen-bond acceptors (Lipinski definition) is 2. The Bertz CT molecular complexity index is 227. The normalized spacial score (nSPS) is 10.0. The molecule has 0 aliphatic heterocycles. The zero-order valence-electron chi connectivity index (χ0n) is 6.38. The van der Waals surface area contributed by atoms with Gasteiger partial charge in [-0.15, -0.1) is 23.4 Å². The maximum absolute atomic E-state index is 5.54. The molecular formula is C8H10ClNS. The lowest BCUT2D eigenvalue weighted by atomic mass is 10.3. The summed E-state index contributed by atoms with van der Waals surface area (Å²) in [7, 11) is 0. The summed E-state index contributed by atoms with van der Waals surface area (Å²) in [6.07, 6.45) is 1.83. The average Bonchev–Trinajstić information content (AvgIpc) is 2.01. The lowest BCUT2D eigenvalue weighted by Crippen LogP contribution is -1.83. The maximum atomic E-state index is 5.54. The van der Waals surface area contributed by atoms with E-state index in [9.17, 15) is 0 Å². The molecule has 0 saturated carbocycles. The Morgan fingerprint density at radius 1 is 1.64 bits per heavy atom. The van der Waals surface area contributed by atoms with Crippen LogP contribution in [0.25, 0.3) is 0 Å². The highest BCUT2D eigenvalue weighted by molar-refractivity contribution is 7.99. The van der Waals surface area contributed by atoms with Crippen LogP contribution >= 0.6 is 23.4 Å². The van der Waals surface area contributed by atoms with Crippen LogP contribution in [0.2, 0.25) is 0 Å². The van der Waals surface area contributed by atoms with E-state index in [-0.39, 0.29) is 0 Å². The fraction of sp³-hybridized carbons (Fsp3) is 0.375. The number of aryl methyl sites for hydroxylation is 1. The van der Waals surface area contributed by atoms with Crippen molar-refractivity contribution in [3.63, 3.8) is 0 Å². The smallest absolute Gasteiger partial charge is 0.0962 e. The first-order valence-corrected chi connectivity index (χ1v) is 4.96. The van der Waals surface area contributed by atoms with Gasteiger partial charge in [0.25, 0.3) is 0 Å². The van der Waals surface area contributed by atoms with Crippen molar-refractivity contribution < 1.29 is 0 Å².